The zero-order valence-electron chi connectivity index (χ0n) is 14.5. The first-order valence-corrected chi connectivity index (χ1v) is 8.52. The first kappa shape index (κ1) is 23.7. The lowest BCUT2D eigenvalue weighted by Crippen LogP contribution is -2.46. The third-order valence-corrected chi connectivity index (χ3v) is 4.66. The molecule has 0 radical (unpaired) electrons. The van der Waals surface area contributed by atoms with Gasteiger partial charge in [0.15, 0.2) is 11.6 Å². The largest absolute Gasteiger partial charge is 0.489 e. The molecule has 2 atom stereocenters. The molecule has 1 fully saturated rings. The maximum Gasteiger partial charge on any atom is 0.173 e. The summed E-state index contributed by atoms with van der Waals surface area (Å²) in [4.78, 5) is 2.43. The number of nitrogens with one attached hydrogen (secondary N) is 1. The number of piperazine rings is 1. The van der Waals surface area contributed by atoms with Crippen LogP contribution < -0.4 is 10.1 Å². The average molecular weight is 402 g/mol. The summed E-state index contributed by atoms with van der Waals surface area (Å²) in [6.07, 6.45) is 1.04. The monoisotopic (exact) mass is 400 g/mol. The van der Waals surface area contributed by atoms with Crippen molar-refractivity contribution in [3.05, 3.63) is 28.5 Å². The van der Waals surface area contributed by atoms with E-state index in [1.54, 1.807) is 6.07 Å². The Morgan fingerprint density at radius 1 is 1.25 bits per heavy atom. The van der Waals surface area contributed by atoms with Gasteiger partial charge in [-0.1, -0.05) is 31.9 Å². The molecule has 1 saturated heterocycles. The number of benzene rings is 1. The van der Waals surface area contributed by atoms with Gasteiger partial charge in [0.05, 0.1) is 11.6 Å². The van der Waals surface area contributed by atoms with E-state index < -0.39 is 0 Å². The highest BCUT2D eigenvalue weighted by molar-refractivity contribution is 6.32. The smallest absolute Gasteiger partial charge is 0.173 e. The standard InChI is InChI=1S/C17H26ClFN2O.2ClH/c1-4-12(3)16(21-8-6-20-7-9-21)13-10-14(18)17(22-5-2)15(19)11-13;;/h10-12,16,20H,4-9H2,1-3H3;2*1H/t12?,16-;;/m1../s1. The molecule has 1 aromatic rings. The van der Waals surface area contributed by atoms with Crippen molar-refractivity contribution in [1.29, 1.82) is 0 Å². The molecule has 2 rings (SSSR count). The number of hydrogen-bond donors (Lipinski definition) is 1. The maximum atomic E-state index is 14.4. The normalized spacial score (nSPS) is 17.4. The molecule has 0 spiro atoms. The molecule has 1 aliphatic heterocycles. The fourth-order valence-electron chi connectivity index (χ4n) is 3.12. The first-order chi connectivity index (χ1) is 10.6. The topological polar surface area (TPSA) is 24.5 Å². The summed E-state index contributed by atoms with van der Waals surface area (Å²) >= 11 is 6.25. The predicted octanol–water partition coefficient (Wildman–Crippen LogP) is 4.71. The Hall–Kier alpha value is -0.260. The van der Waals surface area contributed by atoms with E-state index in [1.807, 2.05) is 13.0 Å². The van der Waals surface area contributed by atoms with E-state index in [9.17, 15) is 4.39 Å². The molecule has 0 saturated carbocycles. The molecule has 1 N–H and O–H groups in total. The van der Waals surface area contributed by atoms with Crippen LogP contribution in [0, 0.1) is 11.7 Å². The number of hydrogen-bond acceptors (Lipinski definition) is 3. The van der Waals surface area contributed by atoms with E-state index in [1.165, 1.54) is 0 Å². The Morgan fingerprint density at radius 2 is 1.88 bits per heavy atom. The van der Waals surface area contributed by atoms with Gasteiger partial charge in [-0.05, 0) is 30.5 Å². The summed E-state index contributed by atoms with van der Waals surface area (Å²) in [6, 6.07) is 3.65. The fraction of sp³-hybridized carbons (Fsp3) is 0.647. The van der Waals surface area contributed by atoms with Crippen molar-refractivity contribution in [2.24, 2.45) is 5.92 Å². The van der Waals surface area contributed by atoms with Crippen molar-refractivity contribution in [3.63, 3.8) is 0 Å². The van der Waals surface area contributed by atoms with Gasteiger partial charge in [0.25, 0.3) is 0 Å². The summed E-state index contributed by atoms with van der Waals surface area (Å²) < 4.78 is 19.7. The van der Waals surface area contributed by atoms with E-state index in [0.717, 1.165) is 38.2 Å². The molecule has 0 aromatic heterocycles. The van der Waals surface area contributed by atoms with Crippen LogP contribution in [0.3, 0.4) is 0 Å². The molecule has 7 heteroatoms. The molecular weight excluding hydrogens is 374 g/mol. The minimum atomic E-state index is -0.368. The molecule has 0 bridgehead atoms. The van der Waals surface area contributed by atoms with E-state index in [0.29, 0.717) is 17.5 Å². The SMILES string of the molecule is CCOc1c(F)cc([C@@H](C(C)CC)N2CCNCC2)cc1Cl.Cl.Cl. The zero-order chi connectivity index (χ0) is 16.1. The summed E-state index contributed by atoms with van der Waals surface area (Å²) in [5, 5.41) is 3.73. The predicted molar refractivity (Wildman–Crippen MR) is 104 cm³/mol. The van der Waals surface area contributed by atoms with Crippen molar-refractivity contribution >= 4 is 36.4 Å². The van der Waals surface area contributed by atoms with Crippen LogP contribution >= 0.6 is 36.4 Å². The average Bonchev–Trinajstić information content (AvgIpc) is 2.52. The summed E-state index contributed by atoms with van der Waals surface area (Å²) in [5.41, 5.74) is 0.946. The second kappa shape index (κ2) is 11.4. The highest BCUT2D eigenvalue weighted by Gasteiger charge is 2.28. The second-order valence-electron chi connectivity index (χ2n) is 5.86. The molecular formula is C17H28Cl3FN2O. The van der Waals surface area contributed by atoms with E-state index in [-0.39, 0.29) is 42.4 Å². The van der Waals surface area contributed by atoms with E-state index >= 15 is 0 Å². The molecule has 24 heavy (non-hydrogen) atoms. The Bertz CT molecular complexity index is 476. The van der Waals surface area contributed by atoms with Crippen LogP contribution in [0.4, 0.5) is 4.39 Å². The zero-order valence-corrected chi connectivity index (χ0v) is 16.9. The Morgan fingerprint density at radius 3 is 2.38 bits per heavy atom. The summed E-state index contributed by atoms with van der Waals surface area (Å²) in [6.45, 7) is 10.5. The molecule has 0 amide bonds. The van der Waals surface area contributed by atoms with Gasteiger partial charge in [0.1, 0.15) is 0 Å². The van der Waals surface area contributed by atoms with Gasteiger partial charge in [-0.15, -0.1) is 24.8 Å². The quantitative estimate of drug-likeness (QED) is 0.747. The molecule has 1 heterocycles. The Balaban J connectivity index is 0.00000264. The van der Waals surface area contributed by atoms with Crippen molar-refractivity contribution in [1.82, 2.24) is 10.2 Å². The summed E-state index contributed by atoms with van der Waals surface area (Å²) in [7, 11) is 0. The van der Waals surface area contributed by atoms with Crippen molar-refractivity contribution < 1.29 is 9.13 Å². The Kier molecular flexibility index (Phi) is 11.3. The van der Waals surface area contributed by atoms with Gasteiger partial charge in [-0.25, -0.2) is 4.39 Å². The van der Waals surface area contributed by atoms with Crippen molar-refractivity contribution in [2.75, 3.05) is 32.8 Å². The first-order valence-electron chi connectivity index (χ1n) is 8.15. The summed E-state index contributed by atoms with van der Waals surface area (Å²) in [5.74, 6) is 0.232. The third-order valence-electron chi connectivity index (χ3n) is 4.38. The maximum absolute atomic E-state index is 14.4. The van der Waals surface area contributed by atoms with Crippen LogP contribution in [-0.4, -0.2) is 37.7 Å². The number of nitrogens with zero attached hydrogens (tertiary/aromatic N) is 1. The van der Waals surface area contributed by atoms with E-state index in [4.69, 9.17) is 16.3 Å². The highest BCUT2D eigenvalue weighted by atomic mass is 35.5. The molecule has 0 aliphatic carbocycles. The molecule has 1 aliphatic rings. The number of halogens is 4. The second-order valence-corrected chi connectivity index (χ2v) is 6.27. The van der Waals surface area contributed by atoms with Gasteiger partial charge < -0.3 is 10.1 Å². The minimum absolute atomic E-state index is 0. The van der Waals surface area contributed by atoms with Gasteiger partial charge in [0.2, 0.25) is 0 Å². The van der Waals surface area contributed by atoms with Crippen molar-refractivity contribution in [2.45, 2.75) is 33.2 Å². The van der Waals surface area contributed by atoms with Gasteiger partial charge in [-0.3, -0.25) is 4.90 Å². The van der Waals surface area contributed by atoms with Crippen LogP contribution in [0.25, 0.3) is 0 Å². The van der Waals surface area contributed by atoms with Crippen molar-refractivity contribution in [3.8, 4) is 5.75 Å². The molecule has 1 unspecified atom stereocenters. The fourth-order valence-corrected chi connectivity index (χ4v) is 3.39. The van der Waals surface area contributed by atoms with Gasteiger partial charge in [0, 0.05) is 32.2 Å². The minimum Gasteiger partial charge on any atom is -0.489 e. The van der Waals surface area contributed by atoms with Crippen LogP contribution in [-0.2, 0) is 0 Å². The van der Waals surface area contributed by atoms with Gasteiger partial charge >= 0.3 is 0 Å². The molecule has 140 valence electrons. The van der Waals surface area contributed by atoms with Gasteiger partial charge in [-0.2, -0.15) is 0 Å². The van der Waals surface area contributed by atoms with Crippen LogP contribution in [0.1, 0.15) is 38.8 Å². The number of rotatable bonds is 6. The lowest BCUT2D eigenvalue weighted by atomic mass is 9.90. The number of ether oxygens (including phenoxy) is 1. The van der Waals surface area contributed by atoms with Crippen LogP contribution in [0.2, 0.25) is 5.02 Å². The van der Waals surface area contributed by atoms with E-state index in [2.05, 4.69) is 24.1 Å². The van der Waals surface area contributed by atoms with Crippen LogP contribution in [0.15, 0.2) is 12.1 Å². The Labute approximate surface area is 162 Å². The third kappa shape index (κ3) is 5.63. The lowest BCUT2D eigenvalue weighted by molar-refractivity contribution is 0.128. The lowest BCUT2D eigenvalue weighted by Gasteiger charge is -2.38. The highest BCUT2D eigenvalue weighted by Crippen LogP contribution is 2.37. The molecule has 1 aromatic carbocycles. The molecule has 3 nitrogen and oxygen atoms in total. The van der Waals surface area contributed by atoms with Crippen LogP contribution in [0.5, 0.6) is 5.75 Å².